The molecule has 1 aliphatic carbocycles. The molecule has 0 aliphatic heterocycles. The summed E-state index contributed by atoms with van der Waals surface area (Å²) in [7, 11) is 0. The van der Waals surface area contributed by atoms with Gasteiger partial charge >= 0.3 is 0 Å². The predicted molar refractivity (Wildman–Crippen MR) is 40.1 cm³/mol. The van der Waals surface area contributed by atoms with Crippen LogP contribution in [-0.2, 0) is 6.42 Å². The molecule has 0 saturated carbocycles. The summed E-state index contributed by atoms with van der Waals surface area (Å²) in [5.74, 6) is 0.730. The molecule has 2 heteroatoms. The fourth-order valence-electron chi connectivity index (χ4n) is 1.83. The van der Waals surface area contributed by atoms with E-state index in [-0.39, 0.29) is 0 Å². The van der Waals surface area contributed by atoms with Gasteiger partial charge in [0, 0.05) is 5.69 Å². The van der Waals surface area contributed by atoms with Gasteiger partial charge in [-0.3, -0.25) is 5.10 Å². The zero-order valence-corrected chi connectivity index (χ0v) is 6.44. The molecular formula is C8H12N2. The quantitative estimate of drug-likeness (QED) is 0.578. The second-order valence-corrected chi connectivity index (χ2v) is 3.15. The Morgan fingerprint density at radius 2 is 2.40 bits per heavy atom. The van der Waals surface area contributed by atoms with E-state index in [1.807, 2.05) is 0 Å². The van der Waals surface area contributed by atoms with Crippen LogP contribution in [0, 0.1) is 6.92 Å². The smallest absolute Gasteiger partial charge is 0.0659 e. The first kappa shape index (κ1) is 5.96. The Bertz CT molecular complexity index is 250. The van der Waals surface area contributed by atoms with Gasteiger partial charge in [0.1, 0.15) is 0 Å². The molecule has 1 aromatic heterocycles. The molecule has 0 spiro atoms. The topological polar surface area (TPSA) is 28.7 Å². The fourth-order valence-corrected chi connectivity index (χ4v) is 1.83. The summed E-state index contributed by atoms with van der Waals surface area (Å²) in [6.45, 7) is 4.38. The molecule has 2 rings (SSSR count). The maximum atomic E-state index is 4.22. The lowest BCUT2D eigenvalue weighted by molar-refractivity contribution is 0.728. The van der Waals surface area contributed by atoms with Crippen LogP contribution in [0.3, 0.4) is 0 Å². The maximum absolute atomic E-state index is 4.22. The zero-order chi connectivity index (χ0) is 7.14. The van der Waals surface area contributed by atoms with Crippen molar-refractivity contribution >= 4 is 0 Å². The third-order valence-corrected chi connectivity index (χ3v) is 2.38. The molecule has 0 bridgehead atoms. The van der Waals surface area contributed by atoms with Crippen LogP contribution in [0.5, 0.6) is 0 Å². The minimum absolute atomic E-state index is 0.730. The molecule has 1 heterocycles. The summed E-state index contributed by atoms with van der Waals surface area (Å²) in [5, 5.41) is 7.24. The van der Waals surface area contributed by atoms with E-state index in [0.717, 1.165) is 5.92 Å². The van der Waals surface area contributed by atoms with Gasteiger partial charge in [-0.05, 0) is 31.2 Å². The number of aromatic amines is 1. The summed E-state index contributed by atoms with van der Waals surface area (Å²) in [4.78, 5) is 0. The van der Waals surface area contributed by atoms with E-state index in [2.05, 4.69) is 24.0 Å². The lowest BCUT2D eigenvalue weighted by atomic mass is 10.1. The van der Waals surface area contributed by atoms with Crippen LogP contribution in [0.1, 0.15) is 36.2 Å². The van der Waals surface area contributed by atoms with Crippen molar-refractivity contribution in [1.29, 1.82) is 0 Å². The molecular weight excluding hydrogens is 124 g/mol. The second kappa shape index (κ2) is 1.84. The van der Waals surface area contributed by atoms with Gasteiger partial charge in [-0.1, -0.05) is 6.92 Å². The monoisotopic (exact) mass is 136 g/mol. The Morgan fingerprint density at radius 3 is 3.10 bits per heavy atom. The number of fused-ring (bicyclic) bond motifs is 1. The molecule has 1 aromatic rings. The predicted octanol–water partition coefficient (Wildman–Crippen LogP) is 1.77. The van der Waals surface area contributed by atoms with E-state index in [4.69, 9.17) is 0 Å². The first-order valence-electron chi connectivity index (χ1n) is 3.83. The summed E-state index contributed by atoms with van der Waals surface area (Å²) >= 11 is 0. The van der Waals surface area contributed by atoms with Crippen LogP contribution >= 0.6 is 0 Å². The minimum atomic E-state index is 0.730. The van der Waals surface area contributed by atoms with Gasteiger partial charge in [-0.2, -0.15) is 5.10 Å². The van der Waals surface area contributed by atoms with Crippen LogP contribution in [-0.4, -0.2) is 10.2 Å². The number of aryl methyl sites for hydroxylation is 2. The van der Waals surface area contributed by atoms with Gasteiger partial charge in [0.25, 0.3) is 0 Å². The Morgan fingerprint density at radius 1 is 1.60 bits per heavy atom. The molecule has 1 atom stereocenters. The molecule has 1 unspecified atom stereocenters. The van der Waals surface area contributed by atoms with E-state index in [1.165, 1.54) is 29.8 Å². The van der Waals surface area contributed by atoms with Gasteiger partial charge < -0.3 is 0 Å². The number of rotatable bonds is 0. The molecule has 1 N–H and O–H groups in total. The second-order valence-electron chi connectivity index (χ2n) is 3.15. The molecule has 1 aliphatic rings. The molecule has 54 valence electrons. The molecule has 0 saturated heterocycles. The SMILES string of the molecule is Cc1[nH]nc2c1C(C)CC2. The molecule has 0 amide bonds. The largest absolute Gasteiger partial charge is 0.282 e. The average molecular weight is 136 g/mol. The standard InChI is InChI=1S/C8H12N2/c1-5-3-4-7-8(5)6(2)9-10-7/h5H,3-4H2,1-2H3,(H,9,10). The molecule has 2 nitrogen and oxygen atoms in total. The van der Waals surface area contributed by atoms with E-state index < -0.39 is 0 Å². The Hall–Kier alpha value is -0.790. The summed E-state index contributed by atoms with van der Waals surface area (Å²) in [5.41, 5.74) is 4.03. The number of aromatic nitrogens is 2. The van der Waals surface area contributed by atoms with E-state index in [0.29, 0.717) is 0 Å². The number of hydrogen-bond donors (Lipinski definition) is 1. The van der Waals surface area contributed by atoms with Gasteiger partial charge in [0.05, 0.1) is 5.69 Å². The van der Waals surface area contributed by atoms with Gasteiger partial charge in [-0.25, -0.2) is 0 Å². The highest BCUT2D eigenvalue weighted by Crippen LogP contribution is 2.32. The first-order chi connectivity index (χ1) is 4.79. The van der Waals surface area contributed by atoms with Crippen molar-refractivity contribution in [1.82, 2.24) is 10.2 Å². The average Bonchev–Trinajstić information content (AvgIpc) is 2.40. The van der Waals surface area contributed by atoms with E-state index in [1.54, 1.807) is 0 Å². The number of hydrogen-bond acceptors (Lipinski definition) is 1. The summed E-state index contributed by atoms with van der Waals surface area (Å²) < 4.78 is 0. The van der Waals surface area contributed by atoms with Crippen molar-refractivity contribution < 1.29 is 0 Å². The Balaban J connectivity index is 2.54. The Labute approximate surface area is 60.6 Å². The third-order valence-electron chi connectivity index (χ3n) is 2.38. The van der Waals surface area contributed by atoms with Gasteiger partial charge in [0.15, 0.2) is 0 Å². The van der Waals surface area contributed by atoms with Crippen molar-refractivity contribution in [2.24, 2.45) is 0 Å². The van der Waals surface area contributed by atoms with Crippen LogP contribution in [0.25, 0.3) is 0 Å². The van der Waals surface area contributed by atoms with Crippen molar-refractivity contribution in [2.45, 2.75) is 32.6 Å². The van der Waals surface area contributed by atoms with Gasteiger partial charge in [0.2, 0.25) is 0 Å². The third kappa shape index (κ3) is 0.618. The number of H-pyrrole nitrogens is 1. The van der Waals surface area contributed by atoms with E-state index >= 15 is 0 Å². The highest BCUT2D eigenvalue weighted by atomic mass is 15.1. The van der Waals surface area contributed by atoms with Crippen molar-refractivity contribution in [3.8, 4) is 0 Å². The number of nitrogens with one attached hydrogen (secondary N) is 1. The Kier molecular flexibility index (Phi) is 1.10. The lowest BCUT2D eigenvalue weighted by Crippen LogP contribution is -1.87. The first-order valence-corrected chi connectivity index (χ1v) is 3.83. The summed E-state index contributed by atoms with van der Waals surface area (Å²) in [6, 6.07) is 0. The van der Waals surface area contributed by atoms with Crippen molar-refractivity contribution in [3.63, 3.8) is 0 Å². The van der Waals surface area contributed by atoms with Crippen LogP contribution in [0.2, 0.25) is 0 Å². The highest BCUT2D eigenvalue weighted by molar-refractivity contribution is 5.32. The van der Waals surface area contributed by atoms with Crippen LogP contribution in [0.15, 0.2) is 0 Å². The van der Waals surface area contributed by atoms with E-state index in [9.17, 15) is 0 Å². The minimum Gasteiger partial charge on any atom is -0.282 e. The molecule has 0 aromatic carbocycles. The van der Waals surface area contributed by atoms with Crippen LogP contribution < -0.4 is 0 Å². The normalized spacial score (nSPS) is 23.2. The lowest BCUT2D eigenvalue weighted by Gasteiger charge is -1.99. The number of nitrogens with zero attached hydrogens (tertiary/aromatic N) is 1. The molecule has 0 radical (unpaired) electrons. The highest BCUT2D eigenvalue weighted by Gasteiger charge is 2.22. The molecule has 10 heavy (non-hydrogen) atoms. The zero-order valence-electron chi connectivity index (χ0n) is 6.44. The van der Waals surface area contributed by atoms with Crippen molar-refractivity contribution in [3.05, 3.63) is 17.0 Å². The van der Waals surface area contributed by atoms with Crippen LogP contribution in [0.4, 0.5) is 0 Å². The maximum Gasteiger partial charge on any atom is 0.0659 e. The van der Waals surface area contributed by atoms with Gasteiger partial charge in [-0.15, -0.1) is 0 Å². The molecule has 0 fully saturated rings. The summed E-state index contributed by atoms with van der Waals surface area (Å²) in [6.07, 6.45) is 2.45. The fraction of sp³-hybridized carbons (Fsp3) is 0.625. The van der Waals surface area contributed by atoms with Crippen molar-refractivity contribution in [2.75, 3.05) is 0 Å².